The zero-order chi connectivity index (χ0) is 21.2. The molecular weight excluding hydrogens is 400 g/mol. The molecule has 0 aliphatic heterocycles. The highest BCUT2D eigenvalue weighted by Gasteiger charge is 2.07. The van der Waals surface area contributed by atoms with Gasteiger partial charge in [0.2, 0.25) is 0 Å². The maximum absolute atomic E-state index is 12.3. The summed E-state index contributed by atoms with van der Waals surface area (Å²) in [5.74, 6) is 0.773. The molecule has 2 N–H and O–H groups in total. The number of methoxy groups -OCH3 is 1. The Morgan fingerprint density at radius 2 is 1.83 bits per heavy atom. The molecule has 3 rings (SSSR count). The van der Waals surface area contributed by atoms with E-state index >= 15 is 0 Å². The molecular formula is C22H24N4O3S. The lowest BCUT2D eigenvalue weighted by Crippen LogP contribution is -2.28. The predicted octanol–water partition coefficient (Wildman–Crippen LogP) is 4.28. The van der Waals surface area contributed by atoms with E-state index in [9.17, 15) is 4.79 Å². The van der Waals surface area contributed by atoms with Gasteiger partial charge in [0.15, 0.2) is 5.16 Å². The van der Waals surface area contributed by atoms with Crippen molar-refractivity contribution in [2.75, 3.05) is 25.6 Å². The minimum absolute atomic E-state index is 0.259. The van der Waals surface area contributed by atoms with Crippen LogP contribution >= 0.6 is 11.8 Å². The van der Waals surface area contributed by atoms with Crippen LogP contribution < -0.4 is 15.4 Å². The lowest BCUT2D eigenvalue weighted by atomic mass is 10.2. The number of rotatable bonds is 9. The molecule has 0 radical (unpaired) electrons. The van der Waals surface area contributed by atoms with Crippen molar-refractivity contribution >= 4 is 23.5 Å². The first kappa shape index (κ1) is 21.6. The van der Waals surface area contributed by atoms with Gasteiger partial charge in [-0.1, -0.05) is 12.1 Å². The second-order valence-electron chi connectivity index (χ2n) is 6.40. The van der Waals surface area contributed by atoms with Crippen LogP contribution in [0.4, 0.5) is 10.5 Å². The SMILES string of the molecule is COCCOc1ccc(CNC(=O)Nc2ccc(Sc3ncccn3)cc2C)cc1. The maximum atomic E-state index is 12.3. The number of ether oxygens (including phenoxy) is 2. The zero-order valence-corrected chi connectivity index (χ0v) is 17.7. The summed E-state index contributed by atoms with van der Waals surface area (Å²) in [6, 6.07) is 14.9. The quantitative estimate of drug-likeness (QED) is 0.394. The molecule has 1 aromatic heterocycles. The number of anilines is 1. The Morgan fingerprint density at radius 3 is 2.53 bits per heavy atom. The minimum Gasteiger partial charge on any atom is -0.491 e. The summed E-state index contributed by atoms with van der Waals surface area (Å²) in [5, 5.41) is 6.44. The van der Waals surface area contributed by atoms with Crippen molar-refractivity contribution < 1.29 is 14.3 Å². The van der Waals surface area contributed by atoms with Crippen molar-refractivity contribution in [1.82, 2.24) is 15.3 Å². The van der Waals surface area contributed by atoms with E-state index < -0.39 is 0 Å². The van der Waals surface area contributed by atoms with Gasteiger partial charge in [-0.05, 0) is 66.2 Å². The maximum Gasteiger partial charge on any atom is 0.319 e. The number of carbonyl (C=O) groups is 1. The molecule has 0 unspecified atom stereocenters. The molecule has 7 nitrogen and oxygen atoms in total. The molecule has 2 aromatic carbocycles. The van der Waals surface area contributed by atoms with E-state index in [1.807, 2.05) is 49.4 Å². The number of nitrogens with zero attached hydrogens (tertiary/aromatic N) is 2. The first-order chi connectivity index (χ1) is 14.6. The second-order valence-corrected chi connectivity index (χ2v) is 7.44. The number of aryl methyl sites for hydroxylation is 1. The van der Waals surface area contributed by atoms with E-state index in [2.05, 4.69) is 20.6 Å². The van der Waals surface area contributed by atoms with Crippen molar-refractivity contribution in [2.45, 2.75) is 23.5 Å². The second kappa shape index (κ2) is 11.2. The van der Waals surface area contributed by atoms with Gasteiger partial charge in [0.1, 0.15) is 12.4 Å². The summed E-state index contributed by atoms with van der Waals surface area (Å²) in [7, 11) is 1.64. The normalized spacial score (nSPS) is 10.5. The summed E-state index contributed by atoms with van der Waals surface area (Å²) in [6.45, 7) is 3.42. The number of hydrogen-bond acceptors (Lipinski definition) is 6. The average Bonchev–Trinajstić information content (AvgIpc) is 2.76. The van der Waals surface area contributed by atoms with Crippen LogP contribution in [0.2, 0.25) is 0 Å². The summed E-state index contributed by atoms with van der Waals surface area (Å²) in [4.78, 5) is 21.7. The highest BCUT2D eigenvalue weighted by Crippen LogP contribution is 2.27. The number of aromatic nitrogens is 2. The van der Waals surface area contributed by atoms with Crippen LogP contribution in [-0.2, 0) is 11.3 Å². The van der Waals surface area contributed by atoms with Crippen molar-refractivity contribution in [3.63, 3.8) is 0 Å². The van der Waals surface area contributed by atoms with Crippen LogP contribution in [0.25, 0.3) is 0 Å². The number of carbonyl (C=O) groups excluding carboxylic acids is 1. The first-order valence-electron chi connectivity index (χ1n) is 9.45. The van der Waals surface area contributed by atoms with E-state index in [-0.39, 0.29) is 6.03 Å². The first-order valence-corrected chi connectivity index (χ1v) is 10.3. The molecule has 3 aromatic rings. The molecule has 0 fully saturated rings. The largest absolute Gasteiger partial charge is 0.491 e. The van der Waals surface area contributed by atoms with Crippen molar-refractivity contribution in [3.05, 3.63) is 72.1 Å². The lowest BCUT2D eigenvalue weighted by Gasteiger charge is -2.11. The van der Waals surface area contributed by atoms with Gasteiger partial charge in [-0.2, -0.15) is 0 Å². The summed E-state index contributed by atoms with van der Waals surface area (Å²) >= 11 is 1.48. The number of hydrogen-bond donors (Lipinski definition) is 2. The molecule has 0 aliphatic carbocycles. The number of urea groups is 1. The van der Waals surface area contributed by atoms with Crippen LogP contribution in [0.15, 0.2) is 71.0 Å². The van der Waals surface area contributed by atoms with Crippen molar-refractivity contribution in [1.29, 1.82) is 0 Å². The van der Waals surface area contributed by atoms with Gasteiger partial charge in [0.05, 0.1) is 6.61 Å². The molecule has 2 amide bonds. The summed E-state index contributed by atoms with van der Waals surface area (Å²) in [5.41, 5.74) is 2.70. The third-order valence-corrected chi connectivity index (χ3v) is 5.01. The van der Waals surface area contributed by atoms with Crippen molar-refractivity contribution in [2.24, 2.45) is 0 Å². The van der Waals surface area contributed by atoms with E-state index in [0.717, 1.165) is 27.5 Å². The Hall–Kier alpha value is -3.10. The zero-order valence-electron chi connectivity index (χ0n) is 16.9. The molecule has 156 valence electrons. The van der Waals surface area contributed by atoms with E-state index in [0.29, 0.717) is 24.9 Å². The van der Waals surface area contributed by atoms with Gasteiger partial charge in [0.25, 0.3) is 0 Å². The predicted molar refractivity (Wildman–Crippen MR) is 117 cm³/mol. The molecule has 0 spiro atoms. The van der Waals surface area contributed by atoms with E-state index in [4.69, 9.17) is 9.47 Å². The molecule has 8 heteroatoms. The third-order valence-electron chi connectivity index (χ3n) is 4.13. The number of benzene rings is 2. The highest BCUT2D eigenvalue weighted by molar-refractivity contribution is 7.99. The number of amides is 2. The molecule has 0 saturated carbocycles. The Balaban J connectivity index is 1.48. The Morgan fingerprint density at radius 1 is 1.07 bits per heavy atom. The van der Waals surface area contributed by atoms with Crippen LogP contribution in [0.3, 0.4) is 0 Å². The molecule has 0 aliphatic rings. The van der Waals surface area contributed by atoms with Crippen LogP contribution in [-0.4, -0.2) is 36.3 Å². The summed E-state index contributed by atoms with van der Waals surface area (Å²) < 4.78 is 10.5. The Kier molecular flexibility index (Phi) is 8.05. The van der Waals surface area contributed by atoms with Crippen LogP contribution in [0.5, 0.6) is 5.75 Å². The fourth-order valence-corrected chi connectivity index (χ4v) is 3.39. The third kappa shape index (κ3) is 6.75. The van der Waals surface area contributed by atoms with Gasteiger partial charge in [-0.3, -0.25) is 0 Å². The van der Waals surface area contributed by atoms with Crippen molar-refractivity contribution in [3.8, 4) is 5.75 Å². The topological polar surface area (TPSA) is 85.4 Å². The highest BCUT2D eigenvalue weighted by atomic mass is 32.2. The Labute approximate surface area is 180 Å². The van der Waals surface area contributed by atoms with Gasteiger partial charge in [-0.25, -0.2) is 14.8 Å². The fourth-order valence-electron chi connectivity index (χ4n) is 2.58. The Bertz CT molecular complexity index is 952. The standard InChI is InChI=1S/C22H24N4O3S/c1-16-14-19(30-22-23-10-3-11-24-22)8-9-20(16)26-21(27)25-15-17-4-6-18(7-5-17)29-13-12-28-2/h3-11,14H,12-13,15H2,1-2H3,(H2,25,26,27). The average molecular weight is 425 g/mol. The molecule has 30 heavy (non-hydrogen) atoms. The molecule has 0 atom stereocenters. The minimum atomic E-state index is -0.259. The number of nitrogens with one attached hydrogen (secondary N) is 2. The van der Waals surface area contributed by atoms with Gasteiger partial charge < -0.3 is 20.1 Å². The monoisotopic (exact) mass is 424 g/mol. The molecule has 1 heterocycles. The summed E-state index contributed by atoms with van der Waals surface area (Å²) in [6.07, 6.45) is 3.43. The van der Waals surface area contributed by atoms with Gasteiger partial charge in [-0.15, -0.1) is 0 Å². The fraction of sp³-hybridized carbons (Fsp3) is 0.227. The molecule has 0 saturated heterocycles. The van der Waals surface area contributed by atoms with E-state index in [1.54, 1.807) is 25.6 Å². The van der Waals surface area contributed by atoms with Crippen LogP contribution in [0, 0.1) is 6.92 Å². The van der Waals surface area contributed by atoms with E-state index in [1.165, 1.54) is 11.8 Å². The van der Waals surface area contributed by atoms with Crippen LogP contribution in [0.1, 0.15) is 11.1 Å². The lowest BCUT2D eigenvalue weighted by molar-refractivity contribution is 0.146. The van der Waals surface area contributed by atoms with Gasteiger partial charge >= 0.3 is 6.03 Å². The van der Waals surface area contributed by atoms with Gasteiger partial charge in [0, 0.05) is 36.6 Å². The smallest absolute Gasteiger partial charge is 0.319 e. The molecule has 0 bridgehead atoms.